The monoisotopic (exact) mass is 237 g/mol. The second kappa shape index (κ2) is 4.20. The van der Waals surface area contributed by atoms with Gasteiger partial charge in [-0.05, 0) is 31.9 Å². The highest BCUT2D eigenvalue weighted by Crippen LogP contribution is 2.47. The third-order valence-electron chi connectivity index (χ3n) is 3.48. The number of rotatable bonds is 4. The minimum atomic E-state index is -0.679. The zero-order valence-electron chi connectivity index (χ0n) is 10.5. The Labute approximate surface area is 101 Å². The van der Waals surface area contributed by atoms with Crippen LogP contribution in [-0.4, -0.2) is 24.9 Å². The van der Waals surface area contributed by atoms with Crippen molar-refractivity contribution in [1.82, 2.24) is 0 Å². The molecule has 0 spiro atoms. The smallest absolute Gasteiger partial charge is 0.131 e. The van der Waals surface area contributed by atoms with Gasteiger partial charge in [0.2, 0.25) is 0 Å². The highest BCUT2D eigenvalue weighted by molar-refractivity contribution is 5.51. The number of ether oxygens (including phenoxy) is 2. The number of hydrogen-bond acceptors (Lipinski definition) is 4. The maximum absolute atomic E-state index is 10.3. The first-order chi connectivity index (χ1) is 8.03. The Hall–Kier alpha value is -1.26. The predicted molar refractivity (Wildman–Crippen MR) is 65.4 cm³/mol. The summed E-state index contributed by atoms with van der Waals surface area (Å²) < 4.78 is 10.6. The molecule has 2 rings (SSSR count). The first kappa shape index (κ1) is 12.2. The van der Waals surface area contributed by atoms with Gasteiger partial charge in [-0.2, -0.15) is 0 Å². The molecular formula is C13H19NO3. The van der Waals surface area contributed by atoms with Gasteiger partial charge in [0.15, 0.2) is 0 Å². The largest absolute Gasteiger partial charge is 0.496 e. The quantitative estimate of drug-likeness (QED) is 0.833. The minimum Gasteiger partial charge on any atom is -0.496 e. The fraction of sp³-hybridized carbons (Fsp3) is 0.538. The SMILES string of the molecule is COc1ccc(C(O)C2(N)CC2)c(OC)c1C. The molecular weight excluding hydrogens is 218 g/mol. The van der Waals surface area contributed by atoms with Crippen LogP contribution in [0.15, 0.2) is 12.1 Å². The molecule has 3 N–H and O–H groups in total. The van der Waals surface area contributed by atoms with Gasteiger partial charge in [-0.1, -0.05) is 0 Å². The Morgan fingerprint density at radius 1 is 1.29 bits per heavy atom. The van der Waals surface area contributed by atoms with E-state index in [0.717, 1.165) is 29.7 Å². The molecule has 1 unspecified atom stereocenters. The lowest BCUT2D eigenvalue weighted by atomic mass is 9.97. The average molecular weight is 237 g/mol. The zero-order valence-corrected chi connectivity index (χ0v) is 10.5. The van der Waals surface area contributed by atoms with Crippen LogP contribution in [0, 0.1) is 6.92 Å². The van der Waals surface area contributed by atoms with Gasteiger partial charge in [0.05, 0.1) is 14.2 Å². The van der Waals surface area contributed by atoms with Crippen molar-refractivity contribution in [3.8, 4) is 11.5 Å². The van der Waals surface area contributed by atoms with E-state index >= 15 is 0 Å². The van der Waals surface area contributed by atoms with Gasteiger partial charge in [-0.3, -0.25) is 0 Å². The first-order valence-electron chi connectivity index (χ1n) is 5.72. The molecule has 0 bridgehead atoms. The number of benzene rings is 1. The van der Waals surface area contributed by atoms with Crippen LogP contribution in [-0.2, 0) is 0 Å². The fourth-order valence-electron chi connectivity index (χ4n) is 2.13. The van der Waals surface area contributed by atoms with E-state index in [1.54, 1.807) is 14.2 Å². The van der Waals surface area contributed by atoms with Crippen molar-refractivity contribution >= 4 is 0 Å². The molecule has 0 heterocycles. The number of nitrogens with two attached hydrogens (primary N) is 1. The molecule has 0 saturated heterocycles. The van der Waals surface area contributed by atoms with Gasteiger partial charge in [-0.25, -0.2) is 0 Å². The number of hydrogen-bond donors (Lipinski definition) is 2. The van der Waals surface area contributed by atoms with E-state index in [2.05, 4.69) is 0 Å². The summed E-state index contributed by atoms with van der Waals surface area (Å²) >= 11 is 0. The second-order valence-electron chi connectivity index (χ2n) is 4.65. The molecule has 1 aliphatic carbocycles. The summed E-state index contributed by atoms with van der Waals surface area (Å²) in [7, 11) is 3.21. The lowest BCUT2D eigenvalue weighted by Crippen LogP contribution is -2.30. The van der Waals surface area contributed by atoms with Crippen LogP contribution in [0.3, 0.4) is 0 Å². The molecule has 0 aliphatic heterocycles. The van der Waals surface area contributed by atoms with Gasteiger partial charge in [0, 0.05) is 16.7 Å². The molecule has 1 aromatic rings. The van der Waals surface area contributed by atoms with E-state index in [1.165, 1.54) is 0 Å². The second-order valence-corrected chi connectivity index (χ2v) is 4.65. The van der Waals surface area contributed by atoms with Gasteiger partial charge < -0.3 is 20.3 Å². The van der Waals surface area contributed by atoms with Crippen molar-refractivity contribution in [3.05, 3.63) is 23.3 Å². The molecule has 4 heteroatoms. The van der Waals surface area contributed by atoms with Crippen LogP contribution in [0.5, 0.6) is 11.5 Å². The number of aliphatic hydroxyl groups excluding tert-OH is 1. The molecule has 1 aromatic carbocycles. The third-order valence-corrected chi connectivity index (χ3v) is 3.48. The van der Waals surface area contributed by atoms with Crippen molar-refractivity contribution in [3.63, 3.8) is 0 Å². The van der Waals surface area contributed by atoms with Gasteiger partial charge in [0.25, 0.3) is 0 Å². The van der Waals surface area contributed by atoms with Gasteiger partial charge in [0.1, 0.15) is 17.6 Å². The summed E-state index contributed by atoms with van der Waals surface area (Å²) in [5.41, 5.74) is 7.18. The van der Waals surface area contributed by atoms with Crippen LogP contribution < -0.4 is 15.2 Å². The minimum absolute atomic E-state index is 0.478. The van der Waals surface area contributed by atoms with Crippen LogP contribution in [0.2, 0.25) is 0 Å². The molecule has 0 radical (unpaired) electrons. The van der Waals surface area contributed by atoms with Gasteiger partial charge >= 0.3 is 0 Å². The van der Waals surface area contributed by atoms with Crippen LogP contribution >= 0.6 is 0 Å². The molecule has 1 fully saturated rings. The Balaban J connectivity index is 2.43. The van der Waals surface area contributed by atoms with Crippen molar-refractivity contribution < 1.29 is 14.6 Å². The van der Waals surface area contributed by atoms with Crippen molar-refractivity contribution in [1.29, 1.82) is 0 Å². The Bertz CT molecular complexity index is 427. The highest BCUT2D eigenvalue weighted by Gasteiger charge is 2.46. The zero-order chi connectivity index (χ0) is 12.6. The molecule has 1 saturated carbocycles. The molecule has 1 aliphatic rings. The number of methoxy groups -OCH3 is 2. The van der Waals surface area contributed by atoms with E-state index in [9.17, 15) is 5.11 Å². The maximum Gasteiger partial charge on any atom is 0.131 e. The summed E-state index contributed by atoms with van der Waals surface area (Å²) in [6, 6.07) is 3.66. The average Bonchev–Trinajstić information content (AvgIpc) is 3.07. The Kier molecular flexibility index (Phi) is 3.02. The maximum atomic E-state index is 10.3. The first-order valence-corrected chi connectivity index (χ1v) is 5.72. The standard InChI is InChI=1S/C13H19NO3/c1-8-10(16-2)5-4-9(11(8)17-3)12(15)13(14)6-7-13/h4-5,12,15H,6-7,14H2,1-3H3. The molecule has 94 valence electrons. The molecule has 4 nitrogen and oxygen atoms in total. The third kappa shape index (κ3) is 1.98. The molecule has 0 aromatic heterocycles. The molecule has 17 heavy (non-hydrogen) atoms. The van der Waals surface area contributed by atoms with Crippen LogP contribution in [0.4, 0.5) is 0 Å². The van der Waals surface area contributed by atoms with E-state index in [0.29, 0.717) is 5.75 Å². The number of aliphatic hydroxyl groups is 1. The topological polar surface area (TPSA) is 64.7 Å². The van der Waals surface area contributed by atoms with Crippen LogP contribution in [0.25, 0.3) is 0 Å². The summed E-state index contributed by atoms with van der Waals surface area (Å²) in [4.78, 5) is 0. The van der Waals surface area contributed by atoms with E-state index in [4.69, 9.17) is 15.2 Å². The van der Waals surface area contributed by atoms with Crippen molar-refractivity contribution in [2.24, 2.45) is 5.73 Å². The predicted octanol–water partition coefficient (Wildman–Crippen LogP) is 1.54. The van der Waals surface area contributed by atoms with Gasteiger partial charge in [-0.15, -0.1) is 0 Å². The summed E-state index contributed by atoms with van der Waals surface area (Å²) in [5, 5.41) is 10.3. The molecule has 0 amide bonds. The fourth-order valence-corrected chi connectivity index (χ4v) is 2.13. The van der Waals surface area contributed by atoms with E-state index in [1.807, 2.05) is 19.1 Å². The molecule has 1 atom stereocenters. The normalized spacial score (nSPS) is 18.6. The van der Waals surface area contributed by atoms with Crippen LogP contribution in [0.1, 0.15) is 30.1 Å². The van der Waals surface area contributed by atoms with Crippen molar-refractivity contribution in [2.75, 3.05) is 14.2 Å². The lowest BCUT2D eigenvalue weighted by Gasteiger charge is -2.22. The highest BCUT2D eigenvalue weighted by atomic mass is 16.5. The van der Waals surface area contributed by atoms with E-state index < -0.39 is 11.6 Å². The van der Waals surface area contributed by atoms with E-state index in [-0.39, 0.29) is 0 Å². The Morgan fingerprint density at radius 2 is 1.94 bits per heavy atom. The van der Waals surface area contributed by atoms with Crippen molar-refractivity contribution in [2.45, 2.75) is 31.4 Å². The Morgan fingerprint density at radius 3 is 2.41 bits per heavy atom. The lowest BCUT2D eigenvalue weighted by molar-refractivity contribution is 0.132. The summed E-state index contributed by atoms with van der Waals surface area (Å²) in [6.07, 6.45) is 1.02. The summed E-state index contributed by atoms with van der Waals surface area (Å²) in [6.45, 7) is 1.91. The summed E-state index contributed by atoms with van der Waals surface area (Å²) in [5.74, 6) is 1.41.